The molecule has 6 heteroatoms. The van der Waals surface area contributed by atoms with Crippen LogP contribution in [-0.2, 0) is 6.42 Å². The first-order valence-electron chi connectivity index (χ1n) is 9.85. The van der Waals surface area contributed by atoms with Crippen LogP contribution in [0.5, 0.6) is 0 Å². The minimum atomic E-state index is -0.146. The predicted molar refractivity (Wildman–Crippen MR) is 122 cm³/mol. The number of benzene rings is 2. The van der Waals surface area contributed by atoms with E-state index in [1.54, 1.807) is 6.20 Å². The topological polar surface area (TPSA) is 58.1 Å². The van der Waals surface area contributed by atoms with Crippen LogP contribution in [0, 0.1) is 6.92 Å². The van der Waals surface area contributed by atoms with Gasteiger partial charge in [-0.25, -0.2) is 4.98 Å². The van der Waals surface area contributed by atoms with E-state index in [9.17, 15) is 4.79 Å². The number of nitrogens with zero attached hydrogens (tertiary/aromatic N) is 3. The molecule has 0 bridgehead atoms. The summed E-state index contributed by atoms with van der Waals surface area (Å²) in [7, 11) is 0. The molecule has 0 unspecified atom stereocenters. The zero-order valence-corrected chi connectivity index (χ0v) is 17.3. The Morgan fingerprint density at radius 1 is 1.00 bits per heavy atom. The van der Waals surface area contributed by atoms with Gasteiger partial charge in [-0.2, -0.15) is 0 Å². The number of aromatic nitrogens is 2. The van der Waals surface area contributed by atoms with Crippen molar-refractivity contribution >= 4 is 34.3 Å². The number of hydrogen-bond acceptors (Lipinski definition) is 5. The van der Waals surface area contributed by atoms with Crippen LogP contribution >= 0.6 is 11.3 Å². The number of pyridine rings is 1. The lowest BCUT2D eigenvalue weighted by atomic mass is 10.1. The van der Waals surface area contributed by atoms with Gasteiger partial charge in [-0.15, -0.1) is 11.3 Å². The first kappa shape index (κ1) is 18.5. The molecule has 0 spiro atoms. The highest BCUT2D eigenvalue weighted by atomic mass is 32.1. The van der Waals surface area contributed by atoms with Gasteiger partial charge in [0.05, 0.1) is 22.8 Å². The number of rotatable bonds is 4. The number of anilines is 3. The first-order chi connectivity index (χ1) is 14.7. The van der Waals surface area contributed by atoms with E-state index >= 15 is 0 Å². The fourth-order valence-electron chi connectivity index (χ4n) is 3.79. The first-order valence-corrected chi connectivity index (χ1v) is 10.7. The van der Waals surface area contributed by atoms with Crippen LogP contribution in [0.25, 0.3) is 10.7 Å². The van der Waals surface area contributed by atoms with Gasteiger partial charge in [-0.1, -0.05) is 36.4 Å². The number of para-hydroxylation sites is 3. The highest BCUT2D eigenvalue weighted by Gasteiger charge is 2.23. The lowest BCUT2D eigenvalue weighted by molar-refractivity contribution is 0.103. The van der Waals surface area contributed by atoms with Gasteiger partial charge in [0.15, 0.2) is 0 Å². The van der Waals surface area contributed by atoms with Crippen molar-refractivity contribution in [2.24, 2.45) is 0 Å². The second kappa shape index (κ2) is 7.72. The largest absolute Gasteiger partial charge is 0.339 e. The molecule has 4 aromatic rings. The third kappa shape index (κ3) is 3.35. The number of hydrogen-bond donors (Lipinski definition) is 1. The molecule has 0 saturated heterocycles. The van der Waals surface area contributed by atoms with Crippen molar-refractivity contribution in [2.75, 3.05) is 16.8 Å². The molecule has 148 valence electrons. The Balaban J connectivity index is 1.44. The number of nitrogens with one attached hydrogen (secondary N) is 1. The lowest BCUT2D eigenvalue weighted by Gasteiger charge is -2.23. The van der Waals surface area contributed by atoms with Crippen LogP contribution in [0.1, 0.15) is 20.9 Å². The summed E-state index contributed by atoms with van der Waals surface area (Å²) < 4.78 is 0. The monoisotopic (exact) mass is 412 g/mol. The molecule has 2 aromatic heterocycles. The summed E-state index contributed by atoms with van der Waals surface area (Å²) in [4.78, 5) is 24.9. The molecule has 1 aliphatic heterocycles. The molecule has 5 nitrogen and oxygen atoms in total. The minimum absolute atomic E-state index is 0.146. The van der Waals surface area contributed by atoms with Gasteiger partial charge in [0.25, 0.3) is 5.91 Å². The van der Waals surface area contributed by atoms with Crippen molar-refractivity contribution in [1.29, 1.82) is 0 Å². The molecule has 0 saturated carbocycles. The van der Waals surface area contributed by atoms with Crippen LogP contribution in [0.2, 0.25) is 0 Å². The van der Waals surface area contributed by atoms with Crippen LogP contribution in [0.3, 0.4) is 0 Å². The summed E-state index contributed by atoms with van der Waals surface area (Å²) in [5.74, 6) is -0.146. The Kier molecular flexibility index (Phi) is 4.77. The van der Waals surface area contributed by atoms with E-state index in [2.05, 4.69) is 50.5 Å². The molecule has 0 atom stereocenters. The number of amides is 1. The molecule has 0 radical (unpaired) electrons. The molecule has 30 heavy (non-hydrogen) atoms. The minimum Gasteiger partial charge on any atom is -0.339 e. The smallest absolute Gasteiger partial charge is 0.267 e. The average Bonchev–Trinajstić information content (AvgIpc) is 3.38. The quantitative estimate of drug-likeness (QED) is 0.484. The van der Waals surface area contributed by atoms with Crippen LogP contribution in [0.15, 0.2) is 72.9 Å². The predicted octanol–water partition coefficient (Wildman–Crippen LogP) is 5.46. The van der Waals surface area contributed by atoms with Gasteiger partial charge in [0.1, 0.15) is 9.88 Å². The summed E-state index contributed by atoms with van der Waals surface area (Å²) in [6.07, 6.45) is 2.73. The number of thiazole rings is 1. The molecular weight excluding hydrogens is 392 g/mol. The molecule has 2 aromatic carbocycles. The Morgan fingerprint density at radius 2 is 1.77 bits per heavy atom. The number of fused-ring (bicyclic) bond motifs is 1. The van der Waals surface area contributed by atoms with Crippen LogP contribution in [0.4, 0.5) is 17.1 Å². The molecule has 1 aliphatic rings. The van der Waals surface area contributed by atoms with E-state index in [0.29, 0.717) is 10.6 Å². The number of carbonyl (C=O) groups excluding carboxylic acids is 1. The van der Waals surface area contributed by atoms with Gasteiger partial charge < -0.3 is 10.2 Å². The van der Waals surface area contributed by atoms with Crippen molar-refractivity contribution in [2.45, 2.75) is 13.3 Å². The highest BCUT2D eigenvalue weighted by Crippen LogP contribution is 2.38. The molecule has 0 fully saturated rings. The fraction of sp³-hybridized carbons (Fsp3) is 0.125. The number of carbonyl (C=O) groups is 1. The average molecular weight is 413 g/mol. The van der Waals surface area contributed by atoms with Crippen molar-refractivity contribution < 1.29 is 4.79 Å². The maximum absolute atomic E-state index is 13.1. The fourth-order valence-corrected chi connectivity index (χ4v) is 4.73. The summed E-state index contributed by atoms with van der Waals surface area (Å²) in [5, 5.41) is 3.86. The van der Waals surface area contributed by atoms with Gasteiger partial charge >= 0.3 is 0 Å². The summed E-state index contributed by atoms with van der Waals surface area (Å²) in [5.41, 5.74) is 5.82. The molecule has 0 aliphatic carbocycles. The molecule has 5 rings (SSSR count). The van der Waals surface area contributed by atoms with E-state index < -0.39 is 0 Å². The zero-order valence-electron chi connectivity index (χ0n) is 16.5. The molecular formula is C24H20N4OS. The lowest BCUT2D eigenvalue weighted by Crippen LogP contribution is -2.18. The van der Waals surface area contributed by atoms with E-state index in [0.717, 1.165) is 35.0 Å². The van der Waals surface area contributed by atoms with Crippen molar-refractivity contribution in [3.05, 3.63) is 89.1 Å². The summed E-state index contributed by atoms with van der Waals surface area (Å²) in [6.45, 7) is 2.76. The third-order valence-electron chi connectivity index (χ3n) is 5.22. The zero-order chi connectivity index (χ0) is 20.5. The van der Waals surface area contributed by atoms with Crippen LogP contribution < -0.4 is 10.2 Å². The molecule has 1 N–H and O–H groups in total. The maximum atomic E-state index is 13.1. The molecule has 3 heterocycles. The van der Waals surface area contributed by atoms with Crippen molar-refractivity contribution in [1.82, 2.24) is 9.97 Å². The van der Waals surface area contributed by atoms with Crippen LogP contribution in [-0.4, -0.2) is 22.4 Å². The Labute approximate surface area is 179 Å². The normalized spacial score (nSPS) is 12.6. The summed E-state index contributed by atoms with van der Waals surface area (Å²) in [6, 6.07) is 22.1. The summed E-state index contributed by atoms with van der Waals surface area (Å²) >= 11 is 1.37. The second-order valence-corrected chi connectivity index (χ2v) is 8.15. The standard InChI is InChI=1S/C24H20N4OS/c1-16-22(30-24(26-16)19-10-6-7-14-25-19)23(29)27-18-9-3-5-12-21(18)28-15-13-17-8-2-4-11-20(17)28/h2-12,14H,13,15H2,1H3,(H,27,29). The number of aryl methyl sites for hydroxylation is 1. The van der Waals surface area contributed by atoms with Gasteiger partial charge in [-0.05, 0) is 49.2 Å². The maximum Gasteiger partial charge on any atom is 0.267 e. The SMILES string of the molecule is Cc1nc(-c2ccccn2)sc1C(=O)Nc1ccccc1N1CCc2ccccc21. The van der Waals surface area contributed by atoms with Gasteiger partial charge in [-0.3, -0.25) is 9.78 Å². The Hall–Kier alpha value is -3.51. The Morgan fingerprint density at radius 3 is 2.60 bits per heavy atom. The Bertz CT molecular complexity index is 1220. The van der Waals surface area contributed by atoms with E-state index in [1.165, 1.54) is 22.6 Å². The molecule has 1 amide bonds. The highest BCUT2D eigenvalue weighted by molar-refractivity contribution is 7.17. The van der Waals surface area contributed by atoms with Crippen molar-refractivity contribution in [3.8, 4) is 10.7 Å². The van der Waals surface area contributed by atoms with E-state index in [1.807, 2.05) is 43.3 Å². The van der Waals surface area contributed by atoms with E-state index in [-0.39, 0.29) is 5.91 Å². The van der Waals surface area contributed by atoms with Gasteiger partial charge in [0, 0.05) is 18.4 Å². The van der Waals surface area contributed by atoms with E-state index in [4.69, 9.17) is 0 Å². The third-order valence-corrected chi connectivity index (χ3v) is 6.40. The second-order valence-electron chi connectivity index (χ2n) is 7.15. The van der Waals surface area contributed by atoms with Gasteiger partial charge in [0.2, 0.25) is 0 Å². The van der Waals surface area contributed by atoms with Crippen molar-refractivity contribution in [3.63, 3.8) is 0 Å².